The Labute approximate surface area is 100 Å². The number of carbonyl (C=O) groups is 1. The fraction of sp³-hybridized carbons (Fsp3) is 0.545. The molecule has 1 aromatic heterocycles. The van der Waals surface area contributed by atoms with Gasteiger partial charge in [-0.15, -0.1) is 0 Å². The van der Waals surface area contributed by atoms with Crippen molar-refractivity contribution in [2.75, 3.05) is 7.11 Å². The van der Waals surface area contributed by atoms with Gasteiger partial charge in [-0.25, -0.2) is 9.97 Å². The normalized spacial score (nSPS) is 10.6. The zero-order valence-corrected chi connectivity index (χ0v) is 10.6. The highest BCUT2D eigenvalue weighted by Gasteiger charge is 2.14. The van der Waals surface area contributed by atoms with Crippen LogP contribution in [0.4, 0.5) is 0 Å². The number of ether oxygens (including phenoxy) is 1. The van der Waals surface area contributed by atoms with Crippen LogP contribution in [0.15, 0.2) is 0 Å². The van der Waals surface area contributed by atoms with Gasteiger partial charge >= 0.3 is 5.97 Å². The monoisotopic (exact) mass is 242 g/mol. The summed E-state index contributed by atoms with van der Waals surface area (Å²) in [5.41, 5.74) is 1.74. The largest absolute Gasteiger partial charge is 0.469 e. The number of hydrogen-bond acceptors (Lipinski definition) is 4. The average Bonchev–Trinajstić information content (AvgIpc) is 2.15. The van der Waals surface area contributed by atoms with Crippen LogP contribution in [-0.2, 0) is 16.0 Å². The van der Waals surface area contributed by atoms with Crippen LogP contribution >= 0.6 is 11.6 Å². The SMILES string of the molecule is COC(=O)Cc1nc(C)c(C(C)C)c(Cl)n1. The number of methoxy groups -OCH3 is 1. The standard InChI is InChI=1S/C11H15ClN2O2/c1-6(2)10-7(3)13-8(14-11(10)12)5-9(15)16-4/h6H,5H2,1-4H3. The van der Waals surface area contributed by atoms with E-state index in [-0.39, 0.29) is 18.3 Å². The van der Waals surface area contributed by atoms with Crippen LogP contribution in [0, 0.1) is 6.92 Å². The van der Waals surface area contributed by atoms with Crippen LogP contribution < -0.4 is 0 Å². The first kappa shape index (κ1) is 12.9. The van der Waals surface area contributed by atoms with Crippen molar-refractivity contribution in [2.45, 2.75) is 33.1 Å². The van der Waals surface area contributed by atoms with Gasteiger partial charge in [-0.3, -0.25) is 4.79 Å². The predicted molar refractivity (Wildman–Crippen MR) is 61.6 cm³/mol. The van der Waals surface area contributed by atoms with Crippen LogP contribution in [0.3, 0.4) is 0 Å². The van der Waals surface area contributed by atoms with Crippen molar-refractivity contribution in [1.29, 1.82) is 0 Å². The first-order valence-corrected chi connectivity index (χ1v) is 5.43. The summed E-state index contributed by atoms with van der Waals surface area (Å²) in [6.45, 7) is 5.92. The molecule has 88 valence electrons. The molecule has 1 rings (SSSR count). The molecule has 0 saturated carbocycles. The number of rotatable bonds is 3. The number of aryl methyl sites for hydroxylation is 1. The van der Waals surface area contributed by atoms with Crippen LogP contribution in [0.5, 0.6) is 0 Å². The van der Waals surface area contributed by atoms with E-state index in [2.05, 4.69) is 14.7 Å². The highest BCUT2D eigenvalue weighted by molar-refractivity contribution is 6.30. The third-order valence-corrected chi connectivity index (χ3v) is 2.53. The van der Waals surface area contributed by atoms with Crippen molar-refractivity contribution in [3.05, 3.63) is 22.2 Å². The molecule has 4 nitrogen and oxygen atoms in total. The molecule has 0 aliphatic heterocycles. The Bertz CT molecular complexity index is 382. The van der Waals surface area contributed by atoms with Gasteiger partial charge in [0.1, 0.15) is 17.4 Å². The van der Waals surface area contributed by atoms with E-state index in [0.717, 1.165) is 11.3 Å². The van der Waals surface area contributed by atoms with Gasteiger partial charge in [0.25, 0.3) is 0 Å². The second kappa shape index (κ2) is 5.25. The second-order valence-electron chi connectivity index (χ2n) is 3.84. The van der Waals surface area contributed by atoms with Crippen molar-refractivity contribution in [3.63, 3.8) is 0 Å². The van der Waals surface area contributed by atoms with Gasteiger partial charge < -0.3 is 4.74 Å². The van der Waals surface area contributed by atoms with Crippen LogP contribution in [0.1, 0.15) is 36.8 Å². The molecule has 0 amide bonds. The molecule has 0 aliphatic rings. The highest BCUT2D eigenvalue weighted by atomic mass is 35.5. The van der Waals surface area contributed by atoms with Crippen molar-refractivity contribution < 1.29 is 9.53 Å². The van der Waals surface area contributed by atoms with Crippen LogP contribution in [0.2, 0.25) is 5.15 Å². The lowest BCUT2D eigenvalue weighted by Gasteiger charge is -2.11. The average molecular weight is 243 g/mol. The minimum atomic E-state index is -0.368. The molecule has 0 fully saturated rings. The number of hydrogen-bond donors (Lipinski definition) is 0. The molecule has 0 aliphatic carbocycles. The third kappa shape index (κ3) is 2.92. The van der Waals surface area contributed by atoms with Gasteiger partial charge in [-0.1, -0.05) is 25.4 Å². The summed E-state index contributed by atoms with van der Waals surface area (Å²) in [7, 11) is 1.33. The van der Waals surface area contributed by atoms with E-state index in [4.69, 9.17) is 11.6 Å². The molecule has 0 bridgehead atoms. The Hall–Kier alpha value is -1.16. The molecular weight excluding hydrogens is 228 g/mol. The van der Waals surface area contributed by atoms with E-state index >= 15 is 0 Å². The third-order valence-electron chi connectivity index (χ3n) is 2.24. The Morgan fingerprint density at radius 2 is 2.06 bits per heavy atom. The summed E-state index contributed by atoms with van der Waals surface area (Å²) in [5.74, 6) is 0.297. The van der Waals surface area contributed by atoms with Crippen molar-refractivity contribution >= 4 is 17.6 Å². The van der Waals surface area contributed by atoms with Gasteiger partial charge in [-0.05, 0) is 12.8 Å². The summed E-state index contributed by atoms with van der Waals surface area (Å²) in [6.07, 6.45) is 0.0510. The molecule has 0 saturated heterocycles. The fourth-order valence-electron chi connectivity index (χ4n) is 1.54. The van der Waals surface area contributed by atoms with Gasteiger partial charge in [0.2, 0.25) is 0 Å². The number of esters is 1. The molecule has 16 heavy (non-hydrogen) atoms. The Morgan fingerprint density at radius 1 is 1.44 bits per heavy atom. The maximum absolute atomic E-state index is 11.1. The number of aromatic nitrogens is 2. The van der Waals surface area contributed by atoms with E-state index in [1.165, 1.54) is 7.11 Å². The Kier molecular flexibility index (Phi) is 4.24. The zero-order chi connectivity index (χ0) is 12.3. The topological polar surface area (TPSA) is 52.1 Å². The molecule has 1 aromatic rings. The quantitative estimate of drug-likeness (QED) is 0.603. The predicted octanol–water partition coefficient (Wildman–Crippen LogP) is 2.28. The Morgan fingerprint density at radius 3 is 2.50 bits per heavy atom. The summed E-state index contributed by atoms with van der Waals surface area (Å²) < 4.78 is 4.55. The molecule has 0 unspecified atom stereocenters. The fourth-order valence-corrected chi connectivity index (χ4v) is 1.99. The maximum atomic E-state index is 11.1. The smallest absolute Gasteiger partial charge is 0.313 e. The van der Waals surface area contributed by atoms with Crippen molar-refractivity contribution in [2.24, 2.45) is 0 Å². The number of nitrogens with zero attached hydrogens (tertiary/aromatic N) is 2. The van der Waals surface area contributed by atoms with E-state index in [0.29, 0.717) is 11.0 Å². The molecule has 0 spiro atoms. The first-order chi connectivity index (χ1) is 7.45. The summed E-state index contributed by atoms with van der Waals surface area (Å²) in [6, 6.07) is 0. The lowest BCUT2D eigenvalue weighted by Crippen LogP contribution is -2.11. The number of halogens is 1. The molecule has 0 aromatic carbocycles. The maximum Gasteiger partial charge on any atom is 0.313 e. The zero-order valence-electron chi connectivity index (χ0n) is 9.87. The summed E-state index contributed by atoms with van der Waals surface area (Å²) in [4.78, 5) is 19.4. The lowest BCUT2D eigenvalue weighted by molar-refractivity contribution is -0.139. The highest BCUT2D eigenvalue weighted by Crippen LogP contribution is 2.24. The van der Waals surface area contributed by atoms with Gasteiger partial charge in [-0.2, -0.15) is 0 Å². The molecule has 1 heterocycles. The van der Waals surface area contributed by atoms with Gasteiger partial charge in [0, 0.05) is 11.3 Å². The van der Waals surface area contributed by atoms with E-state index in [1.807, 2.05) is 20.8 Å². The molecule has 0 N–H and O–H groups in total. The molecular formula is C11H15ClN2O2. The molecule has 0 atom stereocenters. The minimum absolute atomic E-state index is 0.0510. The van der Waals surface area contributed by atoms with Crippen LogP contribution in [-0.4, -0.2) is 23.0 Å². The van der Waals surface area contributed by atoms with E-state index in [9.17, 15) is 4.79 Å². The molecule has 0 radical (unpaired) electrons. The van der Waals surface area contributed by atoms with Crippen LogP contribution in [0.25, 0.3) is 0 Å². The van der Waals surface area contributed by atoms with E-state index < -0.39 is 0 Å². The summed E-state index contributed by atoms with van der Waals surface area (Å²) in [5, 5.41) is 0.418. The van der Waals surface area contributed by atoms with E-state index in [1.54, 1.807) is 0 Å². The van der Waals surface area contributed by atoms with Gasteiger partial charge in [0.15, 0.2) is 0 Å². The second-order valence-corrected chi connectivity index (χ2v) is 4.20. The Balaban J connectivity index is 3.05. The van der Waals surface area contributed by atoms with Crippen molar-refractivity contribution in [3.8, 4) is 0 Å². The van der Waals surface area contributed by atoms with Gasteiger partial charge in [0.05, 0.1) is 7.11 Å². The lowest BCUT2D eigenvalue weighted by atomic mass is 10.0. The molecule has 5 heteroatoms. The minimum Gasteiger partial charge on any atom is -0.469 e. The first-order valence-electron chi connectivity index (χ1n) is 5.05. The van der Waals surface area contributed by atoms with Crippen molar-refractivity contribution in [1.82, 2.24) is 9.97 Å². The number of carbonyl (C=O) groups excluding carboxylic acids is 1. The summed E-state index contributed by atoms with van der Waals surface area (Å²) >= 11 is 6.05.